The first-order valence-electron chi connectivity index (χ1n) is 9.13. The highest BCUT2D eigenvalue weighted by Gasteiger charge is 2.31. The third-order valence-electron chi connectivity index (χ3n) is 5.21. The highest BCUT2D eigenvalue weighted by atomic mass is 32.1. The van der Waals surface area contributed by atoms with E-state index in [4.69, 9.17) is 12.4 Å². The predicted octanol–water partition coefficient (Wildman–Crippen LogP) is 5.26. The Balaban J connectivity index is 2.37. The highest BCUT2D eigenvalue weighted by molar-refractivity contribution is 7.47. The molecule has 0 radical (unpaired) electrons. The first-order valence-corrected chi connectivity index (χ1v) is 9.50. The molecule has 144 valence electrons. The SMILES string of the molecule is CC1=CC(C)=[N+](C)/C1=C(/c1ccc(N=S)cc1)c1c(C)cc(C)n1CB(F)F. The molecule has 28 heavy (non-hydrogen) atoms. The molecule has 2 aromatic rings. The van der Waals surface area contributed by atoms with Crippen molar-refractivity contribution in [3.8, 4) is 0 Å². The molecule has 0 saturated carbocycles. The molecule has 1 aliphatic heterocycles. The summed E-state index contributed by atoms with van der Waals surface area (Å²) in [7, 11) is -0.421. The number of rotatable bonds is 5. The molecule has 0 unspecified atom stereocenters. The van der Waals surface area contributed by atoms with Gasteiger partial charge in [0.1, 0.15) is 7.05 Å². The Hall–Kier alpha value is -2.41. The summed E-state index contributed by atoms with van der Waals surface area (Å²) in [6.45, 7) is 7.95. The molecule has 0 bridgehead atoms. The second-order valence-electron chi connectivity index (χ2n) is 7.21. The molecule has 2 heterocycles. The lowest BCUT2D eigenvalue weighted by molar-refractivity contribution is -0.434. The number of aryl methyl sites for hydroxylation is 2. The van der Waals surface area contributed by atoms with Crippen LogP contribution in [0.5, 0.6) is 0 Å². The number of halogens is 2. The van der Waals surface area contributed by atoms with Gasteiger partial charge in [-0.1, -0.05) is 12.1 Å². The summed E-state index contributed by atoms with van der Waals surface area (Å²) in [5, 5.41) is 0. The van der Waals surface area contributed by atoms with Crippen molar-refractivity contribution in [3.05, 3.63) is 70.2 Å². The Bertz CT molecular complexity index is 1030. The fraction of sp³-hybridized carbons (Fsp3) is 0.286. The number of hydrogen-bond acceptors (Lipinski definition) is 2. The molecule has 1 aliphatic rings. The fourth-order valence-corrected chi connectivity index (χ4v) is 4.03. The molecule has 1 aromatic heterocycles. The molecule has 0 saturated heterocycles. The van der Waals surface area contributed by atoms with Gasteiger partial charge in [-0.2, -0.15) is 8.94 Å². The Labute approximate surface area is 170 Å². The zero-order chi connectivity index (χ0) is 20.6. The summed E-state index contributed by atoms with van der Waals surface area (Å²) in [6.07, 6.45) is 1.78. The zero-order valence-electron chi connectivity index (χ0n) is 16.8. The van der Waals surface area contributed by atoms with Crippen LogP contribution >= 0.6 is 0 Å². The van der Waals surface area contributed by atoms with E-state index >= 15 is 0 Å². The van der Waals surface area contributed by atoms with Gasteiger partial charge in [-0.05, 0) is 50.1 Å². The Morgan fingerprint density at radius 2 is 1.79 bits per heavy atom. The van der Waals surface area contributed by atoms with E-state index in [1.165, 1.54) is 0 Å². The van der Waals surface area contributed by atoms with Crippen molar-refractivity contribution in [3.63, 3.8) is 0 Å². The Kier molecular flexibility index (Phi) is 5.75. The van der Waals surface area contributed by atoms with E-state index in [-0.39, 0.29) is 6.44 Å². The third-order valence-corrected chi connectivity index (χ3v) is 5.42. The van der Waals surface area contributed by atoms with Crippen molar-refractivity contribution in [2.45, 2.75) is 34.1 Å². The Morgan fingerprint density at radius 1 is 1.14 bits per heavy atom. The van der Waals surface area contributed by atoms with E-state index in [9.17, 15) is 8.63 Å². The molecule has 3 nitrogen and oxygen atoms in total. The Morgan fingerprint density at radius 3 is 2.29 bits per heavy atom. The number of likely N-dealkylation sites (N-methyl/N-ethyl adjacent to an activating group) is 1. The molecular formula is C21H23BF2N3S+. The van der Waals surface area contributed by atoms with Crippen LogP contribution in [0, 0.1) is 13.8 Å². The summed E-state index contributed by atoms with van der Waals surface area (Å²) in [4.78, 5) is 0. The van der Waals surface area contributed by atoms with Gasteiger partial charge in [-0.25, -0.2) is 0 Å². The molecule has 0 N–H and O–H groups in total. The molecule has 0 aliphatic carbocycles. The van der Waals surface area contributed by atoms with Crippen LogP contribution in [-0.2, 0) is 18.9 Å². The maximum absolute atomic E-state index is 13.4. The van der Waals surface area contributed by atoms with Crippen LogP contribution in [0.2, 0.25) is 0 Å². The average Bonchev–Trinajstić information content (AvgIpc) is 3.05. The topological polar surface area (TPSA) is 20.3 Å². The summed E-state index contributed by atoms with van der Waals surface area (Å²) in [5.41, 5.74) is 8.46. The minimum absolute atomic E-state index is 0.333. The van der Waals surface area contributed by atoms with Gasteiger partial charge in [0.15, 0.2) is 5.71 Å². The van der Waals surface area contributed by atoms with Gasteiger partial charge >= 0.3 is 7.27 Å². The number of benzene rings is 1. The first-order chi connectivity index (χ1) is 13.2. The van der Waals surface area contributed by atoms with Gasteiger partial charge in [0.25, 0.3) is 0 Å². The van der Waals surface area contributed by atoms with E-state index in [1.54, 1.807) is 4.57 Å². The summed E-state index contributed by atoms with van der Waals surface area (Å²) in [6, 6.07) is 9.59. The largest absolute Gasteiger partial charge is 0.557 e. The summed E-state index contributed by atoms with van der Waals surface area (Å²) >= 11 is 4.78. The van der Waals surface area contributed by atoms with Crippen molar-refractivity contribution >= 4 is 36.7 Å². The lowest BCUT2D eigenvalue weighted by Crippen LogP contribution is -2.17. The minimum atomic E-state index is -2.43. The number of aromatic nitrogens is 1. The van der Waals surface area contributed by atoms with Gasteiger partial charge in [0.2, 0.25) is 5.70 Å². The van der Waals surface area contributed by atoms with Crippen LogP contribution in [0.4, 0.5) is 14.3 Å². The maximum atomic E-state index is 13.4. The molecule has 0 atom stereocenters. The van der Waals surface area contributed by atoms with Gasteiger partial charge < -0.3 is 4.57 Å². The monoisotopic (exact) mass is 398 g/mol. The molecule has 3 rings (SSSR count). The lowest BCUT2D eigenvalue weighted by Gasteiger charge is -2.16. The van der Waals surface area contributed by atoms with Crippen molar-refractivity contribution in [1.29, 1.82) is 0 Å². The molecule has 1 aromatic carbocycles. The van der Waals surface area contributed by atoms with Crippen LogP contribution < -0.4 is 0 Å². The van der Waals surface area contributed by atoms with E-state index in [0.29, 0.717) is 5.69 Å². The smallest absolute Gasteiger partial charge is 0.346 e. The highest BCUT2D eigenvalue weighted by Crippen LogP contribution is 2.36. The minimum Gasteiger partial charge on any atom is -0.346 e. The van der Waals surface area contributed by atoms with Crippen LogP contribution in [0.3, 0.4) is 0 Å². The zero-order valence-corrected chi connectivity index (χ0v) is 17.6. The molecule has 0 fully saturated rings. The predicted molar refractivity (Wildman–Crippen MR) is 114 cm³/mol. The first kappa shape index (κ1) is 20.3. The van der Waals surface area contributed by atoms with Gasteiger partial charge in [-0.3, -0.25) is 8.63 Å². The van der Waals surface area contributed by atoms with Crippen molar-refractivity contribution < 1.29 is 13.2 Å². The fourth-order valence-electron chi connectivity index (χ4n) is 3.91. The van der Waals surface area contributed by atoms with Gasteiger partial charge in [0, 0.05) is 36.7 Å². The third kappa shape index (κ3) is 3.63. The van der Waals surface area contributed by atoms with Crippen molar-refractivity contribution in [1.82, 2.24) is 4.57 Å². The lowest BCUT2D eigenvalue weighted by atomic mass is 9.93. The van der Waals surface area contributed by atoms with Crippen molar-refractivity contribution in [2.24, 2.45) is 4.36 Å². The maximum Gasteiger partial charge on any atom is 0.557 e. The average molecular weight is 398 g/mol. The van der Waals surface area contributed by atoms with E-state index in [1.807, 2.05) is 58.2 Å². The normalized spacial score (nSPS) is 15.8. The van der Waals surface area contributed by atoms with E-state index < -0.39 is 7.27 Å². The second-order valence-corrected chi connectivity index (χ2v) is 7.39. The molecular weight excluding hydrogens is 375 g/mol. The standard InChI is InChI=1S/C21H23BF2N3S/c1-13-10-15(3)26(5)20(13)19(17-6-8-18(25-28)9-7-17)21-14(2)11-16(4)27(21)12-22(23)24/h6-11H,12H2,1-5H3/q+1. The molecule has 7 heteroatoms. The van der Waals surface area contributed by atoms with Gasteiger partial charge in [-0.15, -0.1) is 0 Å². The van der Waals surface area contributed by atoms with Gasteiger partial charge in [0.05, 0.1) is 23.4 Å². The molecule has 0 amide bonds. The van der Waals surface area contributed by atoms with Crippen LogP contribution in [0.1, 0.15) is 36.4 Å². The quantitative estimate of drug-likeness (QED) is 0.497. The molecule has 0 spiro atoms. The number of nitrogens with zero attached hydrogens (tertiary/aromatic N) is 3. The van der Waals surface area contributed by atoms with Crippen LogP contribution in [0.25, 0.3) is 5.57 Å². The summed E-state index contributed by atoms with van der Waals surface area (Å²) in [5.74, 6) is 0. The second kappa shape index (κ2) is 7.91. The van der Waals surface area contributed by atoms with Crippen molar-refractivity contribution in [2.75, 3.05) is 7.05 Å². The summed E-state index contributed by atoms with van der Waals surface area (Å²) < 4.78 is 34.4. The number of hydrogen-bond donors (Lipinski definition) is 0. The van der Waals surface area contributed by atoms with E-state index in [2.05, 4.69) is 21.9 Å². The number of allylic oxidation sites excluding steroid dienone is 2. The van der Waals surface area contributed by atoms with E-state index in [0.717, 1.165) is 45.1 Å². The van der Waals surface area contributed by atoms with Crippen LogP contribution in [0.15, 0.2) is 52.0 Å². The van der Waals surface area contributed by atoms with Crippen LogP contribution in [-0.4, -0.2) is 29.2 Å².